The zero-order valence-corrected chi connectivity index (χ0v) is 13.5. The summed E-state index contributed by atoms with van der Waals surface area (Å²) in [5, 5.41) is 7.46. The van der Waals surface area contributed by atoms with Gasteiger partial charge in [-0.2, -0.15) is 5.10 Å². The third-order valence-corrected chi connectivity index (χ3v) is 4.26. The number of carbonyl (C=O) groups is 1. The maximum absolute atomic E-state index is 12.5. The number of amides is 1. The lowest BCUT2D eigenvalue weighted by atomic mass is 10.3. The Morgan fingerprint density at radius 2 is 2.04 bits per heavy atom. The van der Waals surface area contributed by atoms with Crippen molar-refractivity contribution in [1.29, 1.82) is 0 Å². The molecule has 3 aromatic heterocycles. The molecule has 4 rings (SSSR count). The Hall–Kier alpha value is -3.13. The Morgan fingerprint density at radius 3 is 2.83 bits per heavy atom. The third-order valence-electron chi connectivity index (χ3n) is 3.31. The zero-order valence-electron chi connectivity index (χ0n) is 12.7. The number of thiazole rings is 1. The Kier molecular flexibility index (Phi) is 3.51. The van der Waals surface area contributed by atoms with E-state index in [1.54, 1.807) is 36.1 Å². The van der Waals surface area contributed by atoms with E-state index in [0.717, 1.165) is 10.2 Å². The van der Waals surface area contributed by atoms with Crippen LogP contribution in [0, 0.1) is 6.92 Å². The van der Waals surface area contributed by atoms with Crippen LogP contribution < -0.4 is 5.32 Å². The predicted molar refractivity (Wildman–Crippen MR) is 91.5 cm³/mol. The van der Waals surface area contributed by atoms with Crippen LogP contribution in [0.15, 0.2) is 48.8 Å². The van der Waals surface area contributed by atoms with E-state index < -0.39 is 0 Å². The molecule has 0 saturated carbocycles. The maximum Gasteiger partial charge on any atom is 0.276 e. The maximum atomic E-state index is 12.5. The molecular formula is C16H12N6OS. The first-order valence-corrected chi connectivity index (χ1v) is 8.03. The van der Waals surface area contributed by atoms with E-state index in [4.69, 9.17) is 0 Å². The number of hydrogen-bond donors (Lipinski definition) is 1. The van der Waals surface area contributed by atoms with Crippen LogP contribution in [0.25, 0.3) is 16.0 Å². The first kappa shape index (κ1) is 14.5. The largest absolute Gasteiger partial charge is 0.296 e. The predicted octanol–water partition coefficient (Wildman–Crippen LogP) is 2.83. The van der Waals surface area contributed by atoms with Gasteiger partial charge in [-0.1, -0.05) is 23.5 Å². The minimum Gasteiger partial charge on any atom is -0.296 e. The highest BCUT2D eigenvalue weighted by atomic mass is 32.1. The van der Waals surface area contributed by atoms with E-state index in [1.165, 1.54) is 11.3 Å². The summed E-state index contributed by atoms with van der Waals surface area (Å²) >= 11 is 1.42. The Balaban J connectivity index is 1.64. The highest BCUT2D eigenvalue weighted by molar-refractivity contribution is 7.22. The van der Waals surface area contributed by atoms with Crippen LogP contribution in [-0.2, 0) is 0 Å². The van der Waals surface area contributed by atoms with Crippen molar-refractivity contribution in [1.82, 2.24) is 24.7 Å². The lowest BCUT2D eigenvalue weighted by molar-refractivity contribution is 0.102. The molecule has 0 aliphatic heterocycles. The van der Waals surface area contributed by atoms with Crippen LogP contribution in [0.1, 0.15) is 16.3 Å². The highest BCUT2D eigenvalue weighted by Gasteiger charge is 2.14. The highest BCUT2D eigenvalue weighted by Crippen LogP contribution is 2.25. The number of aryl methyl sites for hydroxylation is 1. The average molecular weight is 336 g/mol. The van der Waals surface area contributed by atoms with Crippen LogP contribution in [0.2, 0.25) is 0 Å². The van der Waals surface area contributed by atoms with Gasteiger partial charge in [0.05, 0.1) is 10.2 Å². The summed E-state index contributed by atoms with van der Waals surface area (Å²) in [6, 6.07) is 11.1. The molecule has 0 unspecified atom stereocenters. The van der Waals surface area contributed by atoms with Gasteiger partial charge >= 0.3 is 0 Å². The summed E-state index contributed by atoms with van der Waals surface area (Å²) < 4.78 is 2.60. The summed E-state index contributed by atoms with van der Waals surface area (Å²) in [5.74, 6) is 0.715. The fraction of sp³-hybridized carbons (Fsp3) is 0.0625. The van der Waals surface area contributed by atoms with Gasteiger partial charge < -0.3 is 0 Å². The van der Waals surface area contributed by atoms with Gasteiger partial charge in [0, 0.05) is 18.5 Å². The number of rotatable bonds is 3. The van der Waals surface area contributed by atoms with Crippen molar-refractivity contribution in [3.63, 3.8) is 0 Å². The summed E-state index contributed by atoms with van der Waals surface area (Å²) in [6.45, 7) is 1.74. The monoisotopic (exact) mass is 336 g/mol. The number of para-hydroxylation sites is 1. The van der Waals surface area contributed by atoms with Crippen molar-refractivity contribution in [3.8, 4) is 5.82 Å². The number of carbonyl (C=O) groups excluding carboxylic acids is 1. The molecule has 8 heteroatoms. The molecular weight excluding hydrogens is 324 g/mol. The van der Waals surface area contributed by atoms with Gasteiger partial charge in [0.2, 0.25) is 0 Å². The van der Waals surface area contributed by atoms with Gasteiger partial charge in [0.1, 0.15) is 11.5 Å². The van der Waals surface area contributed by atoms with Gasteiger partial charge in [-0.3, -0.25) is 10.1 Å². The fourth-order valence-corrected chi connectivity index (χ4v) is 3.14. The van der Waals surface area contributed by atoms with Gasteiger partial charge in [0.15, 0.2) is 10.9 Å². The van der Waals surface area contributed by atoms with Crippen LogP contribution >= 0.6 is 11.3 Å². The van der Waals surface area contributed by atoms with Gasteiger partial charge in [-0.25, -0.2) is 19.6 Å². The first-order valence-electron chi connectivity index (χ1n) is 7.22. The van der Waals surface area contributed by atoms with Crippen LogP contribution in [-0.4, -0.2) is 30.6 Å². The van der Waals surface area contributed by atoms with Crippen molar-refractivity contribution in [2.45, 2.75) is 6.92 Å². The Morgan fingerprint density at radius 1 is 1.17 bits per heavy atom. The fourth-order valence-electron chi connectivity index (χ4n) is 2.28. The second-order valence-corrected chi connectivity index (χ2v) is 6.08. The third kappa shape index (κ3) is 2.74. The second-order valence-electron chi connectivity index (χ2n) is 5.05. The van der Waals surface area contributed by atoms with E-state index in [0.29, 0.717) is 16.8 Å². The number of fused-ring (bicyclic) bond motifs is 1. The van der Waals surface area contributed by atoms with E-state index in [1.807, 2.05) is 24.3 Å². The molecule has 0 aliphatic carbocycles. The van der Waals surface area contributed by atoms with E-state index in [-0.39, 0.29) is 11.6 Å². The van der Waals surface area contributed by atoms with Gasteiger partial charge in [-0.05, 0) is 25.1 Å². The van der Waals surface area contributed by atoms with Crippen molar-refractivity contribution in [2.75, 3.05) is 5.32 Å². The number of nitrogens with one attached hydrogen (secondary N) is 1. The van der Waals surface area contributed by atoms with Crippen LogP contribution in [0.4, 0.5) is 5.13 Å². The standard InChI is InChI=1S/C16H12N6OS/c1-10-18-12(9-14(19-10)22-8-4-7-17-22)15(23)21-16-20-11-5-2-3-6-13(11)24-16/h2-9H,1H3,(H,20,21,23). The second kappa shape index (κ2) is 5.82. The molecule has 1 N–H and O–H groups in total. The molecule has 7 nitrogen and oxygen atoms in total. The molecule has 0 aliphatic rings. The molecule has 0 atom stereocenters. The van der Waals surface area contributed by atoms with Crippen LogP contribution in [0.3, 0.4) is 0 Å². The average Bonchev–Trinajstić information content (AvgIpc) is 3.23. The molecule has 0 spiro atoms. The quantitative estimate of drug-likeness (QED) is 0.622. The number of anilines is 1. The minimum absolute atomic E-state index is 0.271. The van der Waals surface area contributed by atoms with Crippen molar-refractivity contribution in [2.24, 2.45) is 0 Å². The lowest BCUT2D eigenvalue weighted by Crippen LogP contribution is -2.16. The Bertz CT molecular complexity index is 991. The lowest BCUT2D eigenvalue weighted by Gasteiger charge is -2.05. The molecule has 0 fully saturated rings. The zero-order chi connectivity index (χ0) is 16.5. The van der Waals surface area contributed by atoms with Crippen molar-refractivity contribution in [3.05, 3.63) is 60.3 Å². The smallest absolute Gasteiger partial charge is 0.276 e. The molecule has 0 bridgehead atoms. The van der Waals surface area contributed by atoms with Crippen molar-refractivity contribution >= 4 is 32.6 Å². The van der Waals surface area contributed by atoms with E-state index in [9.17, 15) is 4.79 Å². The molecule has 0 saturated heterocycles. The molecule has 1 amide bonds. The Labute approximate surface area is 141 Å². The molecule has 118 valence electrons. The number of nitrogens with zero attached hydrogens (tertiary/aromatic N) is 5. The number of aromatic nitrogens is 5. The molecule has 1 aromatic carbocycles. The summed E-state index contributed by atoms with van der Waals surface area (Å²) in [5.41, 5.74) is 1.13. The number of hydrogen-bond acceptors (Lipinski definition) is 6. The van der Waals surface area contributed by atoms with Crippen LogP contribution in [0.5, 0.6) is 0 Å². The molecule has 3 heterocycles. The van der Waals surface area contributed by atoms with Gasteiger partial charge in [-0.15, -0.1) is 0 Å². The molecule has 0 radical (unpaired) electrons. The number of benzene rings is 1. The summed E-state index contributed by atoms with van der Waals surface area (Å²) in [4.78, 5) is 25.4. The summed E-state index contributed by atoms with van der Waals surface area (Å²) in [6.07, 6.45) is 3.41. The normalized spacial score (nSPS) is 10.9. The SMILES string of the molecule is Cc1nc(C(=O)Nc2nc3ccccc3s2)cc(-n2cccn2)n1. The molecule has 4 aromatic rings. The minimum atomic E-state index is -0.326. The van der Waals surface area contributed by atoms with Crippen molar-refractivity contribution < 1.29 is 4.79 Å². The van der Waals surface area contributed by atoms with E-state index in [2.05, 4.69) is 25.4 Å². The van der Waals surface area contributed by atoms with E-state index >= 15 is 0 Å². The summed E-state index contributed by atoms with van der Waals surface area (Å²) in [7, 11) is 0. The molecule has 24 heavy (non-hydrogen) atoms. The topological polar surface area (TPSA) is 85.6 Å². The van der Waals surface area contributed by atoms with Gasteiger partial charge in [0.25, 0.3) is 5.91 Å². The first-order chi connectivity index (χ1) is 11.7.